The molecule has 0 rings (SSSR count). The van der Waals surface area contributed by atoms with Crippen molar-refractivity contribution in [3.63, 3.8) is 0 Å². The molecule has 0 spiro atoms. The summed E-state index contributed by atoms with van der Waals surface area (Å²) in [6.45, 7) is 0. The van der Waals surface area contributed by atoms with Crippen LogP contribution < -0.4 is 0 Å². The average Bonchev–Trinajstić information content (AvgIpc) is 2.12. The number of hydrogen-bond acceptors (Lipinski definition) is 5. The molecular weight excluding hydrogens is 291 g/mol. The Morgan fingerprint density at radius 1 is 0.722 bits per heavy atom. The Kier molecular flexibility index (Phi) is 11.7. The third-order valence-corrected chi connectivity index (χ3v) is 1.78. The van der Waals surface area contributed by atoms with Gasteiger partial charge >= 0.3 is 40.6 Å². The molecule has 0 aromatic heterocycles. The van der Waals surface area contributed by atoms with E-state index in [1.807, 2.05) is 0 Å². The monoisotopic (exact) mass is 308 g/mol. The van der Waals surface area contributed by atoms with E-state index < -0.39 is 24.9 Å². The van der Waals surface area contributed by atoms with E-state index >= 15 is 0 Å². The van der Waals surface area contributed by atoms with Gasteiger partial charge in [0.05, 0.1) is 0 Å². The molecule has 8 nitrogen and oxygen atoms in total. The molecule has 0 bridgehead atoms. The summed E-state index contributed by atoms with van der Waals surface area (Å²) in [7, 11) is 0. The summed E-state index contributed by atoms with van der Waals surface area (Å²) < 4.78 is 33.1. The van der Waals surface area contributed by atoms with Gasteiger partial charge in [-0.15, -0.1) is 0 Å². The molecule has 0 aromatic carbocycles. The van der Waals surface area contributed by atoms with Crippen molar-refractivity contribution in [1.82, 2.24) is 0 Å². The number of carboxylic acid groups (broad SMARTS) is 2. The molecule has 0 aromatic rings. The SMILES string of the molecule is O=C(O)CCCCCCCC(=O)O.[O]=[Mn](=[O])(=[O])[OH]. The Hall–Kier alpha value is -1.18. The fourth-order valence-corrected chi connectivity index (χ4v) is 1.08. The predicted octanol–water partition coefficient (Wildman–Crippen LogP) is 0.970. The van der Waals surface area contributed by atoms with Crippen LogP contribution in [0.5, 0.6) is 0 Å². The third-order valence-electron chi connectivity index (χ3n) is 1.78. The Labute approximate surface area is 106 Å². The summed E-state index contributed by atoms with van der Waals surface area (Å²) in [5.41, 5.74) is 0. The normalized spacial score (nSPS) is 10.3. The van der Waals surface area contributed by atoms with Crippen LogP contribution in [-0.4, -0.2) is 26.3 Å². The van der Waals surface area contributed by atoms with Gasteiger partial charge in [-0.2, -0.15) is 0 Å². The van der Waals surface area contributed by atoms with Crippen molar-refractivity contribution in [2.45, 2.75) is 44.9 Å². The van der Waals surface area contributed by atoms with Gasteiger partial charge in [0.1, 0.15) is 0 Å². The van der Waals surface area contributed by atoms with E-state index in [1.54, 1.807) is 0 Å². The topological polar surface area (TPSA) is 146 Å². The van der Waals surface area contributed by atoms with Crippen LogP contribution in [0.25, 0.3) is 0 Å². The van der Waals surface area contributed by atoms with Gasteiger partial charge in [-0.25, -0.2) is 0 Å². The maximum atomic E-state index is 10.1. The number of rotatable bonds is 8. The minimum atomic E-state index is -5.38. The molecule has 0 atom stereocenters. The number of unbranched alkanes of at least 4 members (excludes halogenated alkanes) is 4. The summed E-state index contributed by atoms with van der Waals surface area (Å²) in [5.74, 6) is -1.52. The summed E-state index contributed by atoms with van der Waals surface area (Å²) in [6.07, 6.45) is 4.53. The van der Waals surface area contributed by atoms with Crippen LogP contribution in [0.2, 0.25) is 0 Å². The van der Waals surface area contributed by atoms with E-state index in [9.17, 15) is 9.59 Å². The Morgan fingerprint density at radius 3 is 1.17 bits per heavy atom. The van der Waals surface area contributed by atoms with Gasteiger partial charge in [0.15, 0.2) is 0 Å². The minimum absolute atomic E-state index is 0.221. The molecule has 0 aliphatic rings. The maximum absolute atomic E-state index is 10.1. The second-order valence-corrected chi connectivity index (χ2v) is 4.69. The van der Waals surface area contributed by atoms with Gasteiger partial charge in [-0.1, -0.05) is 19.3 Å². The van der Waals surface area contributed by atoms with E-state index in [-0.39, 0.29) is 12.8 Å². The van der Waals surface area contributed by atoms with E-state index in [1.165, 1.54) is 0 Å². The first-order valence-electron chi connectivity index (χ1n) is 5.19. The first-order chi connectivity index (χ1) is 8.13. The van der Waals surface area contributed by atoms with E-state index in [4.69, 9.17) is 25.9 Å². The Balaban J connectivity index is 0. The van der Waals surface area contributed by atoms with Crippen LogP contribution in [0.4, 0.5) is 0 Å². The van der Waals surface area contributed by atoms with Gasteiger partial charge in [0.25, 0.3) is 0 Å². The van der Waals surface area contributed by atoms with Gasteiger partial charge in [0, 0.05) is 12.8 Å². The number of hydrogen-bond donors (Lipinski definition) is 3. The molecule has 3 N–H and O–H groups in total. The summed E-state index contributed by atoms with van der Waals surface area (Å²) in [5, 5.41) is 16.6. The Morgan fingerprint density at radius 2 is 0.944 bits per heavy atom. The molecule has 0 unspecified atom stereocenters. The molecule has 0 aliphatic heterocycles. The van der Waals surface area contributed by atoms with Crippen LogP contribution in [0.3, 0.4) is 0 Å². The second kappa shape index (κ2) is 10.9. The molecule has 0 radical (unpaired) electrons. The number of aliphatic carboxylic acids is 2. The first-order valence-corrected chi connectivity index (χ1v) is 7.17. The van der Waals surface area contributed by atoms with Gasteiger partial charge in [-0.05, 0) is 12.8 Å². The molecule has 9 heteroatoms. The zero-order valence-electron chi connectivity index (χ0n) is 9.71. The third kappa shape index (κ3) is 36.4. The van der Waals surface area contributed by atoms with Crippen LogP contribution in [0, 0.1) is 0 Å². The quantitative estimate of drug-likeness (QED) is 0.444. The van der Waals surface area contributed by atoms with Gasteiger partial charge in [-0.3, -0.25) is 9.59 Å². The first kappa shape index (κ1) is 19.2. The molecule has 18 heavy (non-hydrogen) atoms. The summed E-state index contributed by atoms with van der Waals surface area (Å²) in [6, 6.07) is 0. The van der Waals surface area contributed by atoms with Gasteiger partial charge in [0.2, 0.25) is 0 Å². The molecule has 0 fully saturated rings. The van der Waals surface area contributed by atoms with Crippen molar-refractivity contribution in [3.05, 3.63) is 0 Å². The molecule has 108 valence electrons. The molecule has 0 amide bonds. The molecule has 0 saturated heterocycles. The van der Waals surface area contributed by atoms with E-state index in [0.717, 1.165) is 19.3 Å². The van der Waals surface area contributed by atoms with E-state index in [0.29, 0.717) is 12.8 Å². The van der Waals surface area contributed by atoms with Crippen molar-refractivity contribution >= 4 is 11.9 Å². The summed E-state index contributed by atoms with van der Waals surface area (Å²) in [4.78, 5) is 20.2. The second-order valence-electron chi connectivity index (χ2n) is 3.45. The van der Waals surface area contributed by atoms with Crippen LogP contribution in [0.15, 0.2) is 0 Å². The van der Waals surface area contributed by atoms with Crippen LogP contribution >= 0.6 is 0 Å². The van der Waals surface area contributed by atoms with Crippen molar-refractivity contribution in [1.29, 1.82) is 0 Å². The van der Waals surface area contributed by atoms with Gasteiger partial charge < -0.3 is 10.2 Å². The van der Waals surface area contributed by atoms with Crippen LogP contribution in [0.1, 0.15) is 44.9 Å². The molecule has 0 heterocycles. The Bertz CT molecular complexity index is 359. The molecular formula is C9H17MnO8. The van der Waals surface area contributed by atoms with Crippen molar-refractivity contribution in [2.24, 2.45) is 0 Å². The molecule has 0 aliphatic carbocycles. The standard InChI is InChI=1S/C9H16O4.Mn.H2O.3O/c10-8(11)6-4-2-1-3-5-7-9(12)13;;;;;/h1-7H2,(H,10,11)(H,12,13);;1H2;;;/q;+1;;;;/p-1. The molecule has 0 saturated carbocycles. The number of carboxylic acids is 2. The van der Waals surface area contributed by atoms with Crippen molar-refractivity contribution in [2.75, 3.05) is 0 Å². The fourth-order valence-electron chi connectivity index (χ4n) is 1.08. The average molecular weight is 308 g/mol. The predicted molar refractivity (Wildman–Crippen MR) is 51.9 cm³/mol. The number of carbonyl (C=O) groups is 2. The van der Waals surface area contributed by atoms with Crippen LogP contribution in [-0.2, 0) is 34.1 Å². The van der Waals surface area contributed by atoms with Crippen molar-refractivity contribution in [3.8, 4) is 0 Å². The summed E-state index contributed by atoms with van der Waals surface area (Å²) >= 11 is -5.38. The fraction of sp³-hybridized carbons (Fsp3) is 0.778. The zero-order chi connectivity index (χ0) is 14.6. The zero-order valence-corrected chi connectivity index (χ0v) is 10.9. The van der Waals surface area contributed by atoms with E-state index in [2.05, 4.69) is 0 Å². The van der Waals surface area contributed by atoms with Crippen molar-refractivity contribution < 1.29 is 48.5 Å².